The van der Waals surface area contributed by atoms with Crippen LogP contribution < -0.4 is 4.74 Å². The number of hydrogen-bond acceptors (Lipinski definition) is 4. The average molecular weight is 367 g/mol. The van der Waals surface area contributed by atoms with Crippen molar-refractivity contribution in [1.29, 1.82) is 0 Å². The molecular weight excluding hydrogens is 349 g/mol. The number of H-pyrrole nitrogens is 1. The van der Waals surface area contributed by atoms with E-state index in [4.69, 9.17) is 4.74 Å². The van der Waals surface area contributed by atoms with Crippen molar-refractivity contribution in [3.05, 3.63) is 84.7 Å². The molecule has 2 heterocycles. The van der Waals surface area contributed by atoms with Crippen LogP contribution in [0.15, 0.2) is 72.8 Å². The van der Waals surface area contributed by atoms with E-state index in [9.17, 15) is 4.39 Å². The number of halogens is 1. The number of ether oxygens (including phenoxy) is 1. The Kier molecular flexibility index (Phi) is 5.53. The van der Waals surface area contributed by atoms with E-state index >= 15 is 0 Å². The molecule has 1 N–H and O–H groups in total. The lowest BCUT2D eigenvalue weighted by Gasteiger charge is -2.11. The molecule has 0 bridgehead atoms. The molecule has 0 aliphatic carbocycles. The summed E-state index contributed by atoms with van der Waals surface area (Å²) < 4.78 is 19.0. The SMILES string of the molecule is C=C/C=C\C(=C)Oc1ccnc(CSc2nc3ccc(F)cc3[nH]2)c1C. The number of fused-ring (bicyclic) bond motifs is 1. The number of pyridine rings is 1. The molecule has 6 heteroatoms. The summed E-state index contributed by atoms with van der Waals surface area (Å²) in [4.78, 5) is 12.0. The molecule has 0 saturated heterocycles. The van der Waals surface area contributed by atoms with Gasteiger partial charge < -0.3 is 9.72 Å². The Morgan fingerprint density at radius 2 is 2.23 bits per heavy atom. The first kappa shape index (κ1) is 17.9. The largest absolute Gasteiger partial charge is 0.458 e. The molecule has 0 fully saturated rings. The summed E-state index contributed by atoms with van der Waals surface area (Å²) in [5.41, 5.74) is 3.25. The van der Waals surface area contributed by atoms with E-state index in [2.05, 4.69) is 28.1 Å². The van der Waals surface area contributed by atoms with Crippen LogP contribution in [0.4, 0.5) is 4.39 Å². The molecule has 0 amide bonds. The summed E-state index contributed by atoms with van der Waals surface area (Å²) in [6.45, 7) is 9.43. The van der Waals surface area contributed by atoms with Gasteiger partial charge in [0, 0.05) is 17.5 Å². The fourth-order valence-electron chi connectivity index (χ4n) is 2.33. The van der Waals surface area contributed by atoms with E-state index in [1.807, 2.05) is 6.92 Å². The highest BCUT2D eigenvalue weighted by molar-refractivity contribution is 7.98. The first-order valence-electron chi connectivity index (χ1n) is 7.95. The highest BCUT2D eigenvalue weighted by atomic mass is 32.2. The number of hydrogen-bond donors (Lipinski definition) is 1. The molecular formula is C20H18FN3OS. The summed E-state index contributed by atoms with van der Waals surface area (Å²) in [6.07, 6.45) is 6.88. The summed E-state index contributed by atoms with van der Waals surface area (Å²) >= 11 is 1.50. The van der Waals surface area contributed by atoms with Crippen molar-refractivity contribution < 1.29 is 9.13 Å². The van der Waals surface area contributed by atoms with Crippen molar-refractivity contribution in [2.24, 2.45) is 0 Å². The first-order valence-corrected chi connectivity index (χ1v) is 8.94. The molecule has 0 aliphatic heterocycles. The third kappa shape index (κ3) is 4.21. The van der Waals surface area contributed by atoms with E-state index in [1.54, 1.807) is 36.6 Å². The highest BCUT2D eigenvalue weighted by Gasteiger charge is 2.10. The van der Waals surface area contributed by atoms with Gasteiger partial charge in [-0.15, -0.1) is 0 Å². The number of nitrogens with one attached hydrogen (secondary N) is 1. The molecule has 0 unspecified atom stereocenters. The molecule has 1 aromatic carbocycles. The predicted octanol–water partition coefficient (Wildman–Crippen LogP) is 5.33. The topological polar surface area (TPSA) is 50.8 Å². The lowest BCUT2D eigenvalue weighted by atomic mass is 10.2. The van der Waals surface area contributed by atoms with Crippen LogP contribution in [0.5, 0.6) is 5.75 Å². The molecule has 4 nitrogen and oxygen atoms in total. The number of benzene rings is 1. The van der Waals surface area contributed by atoms with Crippen molar-refractivity contribution in [2.75, 3.05) is 0 Å². The van der Waals surface area contributed by atoms with Crippen molar-refractivity contribution >= 4 is 22.8 Å². The maximum absolute atomic E-state index is 13.3. The maximum Gasteiger partial charge on any atom is 0.166 e. The van der Waals surface area contributed by atoms with Gasteiger partial charge >= 0.3 is 0 Å². The van der Waals surface area contributed by atoms with Crippen LogP contribution in [-0.4, -0.2) is 15.0 Å². The normalized spacial score (nSPS) is 11.2. The fraction of sp³-hybridized carbons (Fsp3) is 0.100. The van der Waals surface area contributed by atoms with E-state index in [0.717, 1.165) is 21.9 Å². The molecule has 0 spiro atoms. The minimum absolute atomic E-state index is 0.286. The lowest BCUT2D eigenvalue weighted by molar-refractivity contribution is 0.442. The number of thioether (sulfide) groups is 1. The molecule has 26 heavy (non-hydrogen) atoms. The third-order valence-corrected chi connectivity index (χ3v) is 4.57. The molecule has 132 valence electrons. The van der Waals surface area contributed by atoms with Gasteiger partial charge in [-0.1, -0.05) is 37.1 Å². The molecule has 3 rings (SSSR count). The smallest absolute Gasteiger partial charge is 0.166 e. The van der Waals surface area contributed by atoms with E-state index in [1.165, 1.54) is 23.9 Å². The zero-order valence-corrected chi connectivity index (χ0v) is 15.1. The van der Waals surface area contributed by atoms with Crippen LogP contribution in [0.2, 0.25) is 0 Å². The van der Waals surface area contributed by atoms with Crippen LogP contribution in [0.1, 0.15) is 11.3 Å². The Hall–Kier alpha value is -2.86. The van der Waals surface area contributed by atoms with Gasteiger partial charge in [0.15, 0.2) is 5.16 Å². The standard InChI is InChI=1S/C20H18FN3OS/c1-4-5-6-13(2)25-19-9-10-22-18(14(19)3)12-26-20-23-16-8-7-15(21)11-17(16)24-20/h4-11H,1-2,12H2,3H3,(H,23,24)/b6-5-. The van der Waals surface area contributed by atoms with E-state index in [-0.39, 0.29) is 5.82 Å². The number of allylic oxidation sites excluding steroid dienone is 3. The average Bonchev–Trinajstić information content (AvgIpc) is 3.02. The Morgan fingerprint density at radius 1 is 1.38 bits per heavy atom. The van der Waals surface area contributed by atoms with Crippen LogP contribution in [0.3, 0.4) is 0 Å². The molecule has 0 saturated carbocycles. The van der Waals surface area contributed by atoms with Crippen molar-refractivity contribution in [3.8, 4) is 5.75 Å². The summed E-state index contributed by atoms with van der Waals surface area (Å²) in [5, 5.41) is 0.719. The van der Waals surface area contributed by atoms with E-state index < -0.39 is 0 Å². The van der Waals surface area contributed by atoms with Crippen molar-refractivity contribution in [3.63, 3.8) is 0 Å². The number of rotatable bonds is 7. The maximum atomic E-state index is 13.3. The second-order valence-corrected chi connectivity index (χ2v) is 6.50. The van der Waals surface area contributed by atoms with Gasteiger partial charge in [0.1, 0.15) is 17.3 Å². The predicted molar refractivity (Wildman–Crippen MR) is 104 cm³/mol. The van der Waals surface area contributed by atoms with Gasteiger partial charge in [-0.25, -0.2) is 9.37 Å². The molecule has 2 aromatic heterocycles. The number of aromatic nitrogens is 3. The second-order valence-electron chi connectivity index (χ2n) is 5.54. The van der Waals surface area contributed by atoms with Crippen LogP contribution in [0, 0.1) is 12.7 Å². The van der Waals surface area contributed by atoms with Gasteiger partial charge in [0.25, 0.3) is 0 Å². The van der Waals surface area contributed by atoms with Gasteiger partial charge in [-0.2, -0.15) is 0 Å². The quantitative estimate of drug-likeness (QED) is 0.348. The molecule has 0 atom stereocenters. The Bertz CT molecular complexity index is 994. The van der Waals surface area contributed by atoms with Crippen LogP contribution in [0.25, 0.3) is 11.0 Å². The Morgan fingerprint density at radius 3 is 3.04 bits per heavy atom. The summed E-state index contributed by atoms with van der Waals surface area (Å²) in [6, 6.07) is 6.30. The fourth-order valence-corrected chi connectivity index (χ4v) is 3.24. The molecule has 0 radical (unpaired) electrons. The van der Waals surface area contributed by atoms with Gasteiger partial charge in [0.2, 0.25) is 0 Å². The number of aromatic amines is 1. The second kappa shape index (κ2) is 8.01. The number of nitrogens with zero attached hydrogens (tertiary/aromatic N) is 2. The Labute approximate surface area is 155 Å². The summed E-state index contributed by atoms with van der Waals surface area (Å²) in [5.74, 6) is 1.56. The van der Waals surface area contributed by atoms with Crippen molar-refractivity contribution in [2.45, 2.75) is 17.8 Å². The monoisotopic (exact) mass is 367 g/mol. The Balaban J connectivity index is 1.73. The summed E-state index contributed by atoms with van der Waals surface area (Å²) in [7, 11) is 0. The zero-order valence-electron chi connectivity index (χ0n) is 14.3. The zero-order chi connectivity index (χ0) is 18.5. The van der Waals surface area contributed by atoms with Gasteiger partial charge in [-0.3, -0.25) is 4.98 Å². The minimum atomic E-state index is -0.286. The molecule has 3 aromatic rings. The van der Waals surface area contributed by atoms with E-state index in [0.29, 0.717) is 22.8 Å². The lowest BCUT2D eigenvalue weighted by Crippen LogP contribution is -1.98. The number of imidazole rings is 1. The highest BCUT2D eigenvalue weighted by Crippen LogP contribution is 2.28. The first-order chi connectivity index (χ1) is 12.6. The third-order valence-electron chi connectivity index (χ3n) is 3.69. The minimum Gasteiger partial charge on any atom is -0.458 e. The van der Waals surface area contributed by atoms with Crippen molar-refractivity contribution in [1.82, 2.24) is 15.0 Å². The molecule has 0 aliphatic rings. The van der Waals surface area contributed by atoms with Crippen LogP contribution >= 0.6 is 11.8 Å². The van der Waals surface area contributed by atoms with Gasteiger partial charge in [-0.05, 0) is 37.3 Å². The van der Waals surface area contributed by atoms with Gasteiger partial charge in [0.05, 0.1) is 16.7 Å². The van der Waals surface area contributed by atoms with Crippen LogP contribution in [-0.2, 0) is 5.75 Å².